The molecular formula is C25H44N4O2. The maximum atomic E-state index is 10.7. The normalized spacial score (nSPS) is 44.4. The second-order valence-corrected chi connectivity index (χ2v) is 11.5. The Balaban J connectivity index is 1.39. The summed E-state index contributed by atoms with van der Waals surface area (Å²) in [6.07, 6.45) is 15.2. The van der Waals surface area contributed by atoms with Crippen LogP contribution in [0.1, 0.15) is 84.5 Å². The zero-order valence-electron chi connectivity index (χ0n) is 19.6. The number of oxime groups is 1. The van der Waals surface area contributed by atoms with Gasteiger partial charge < -0.3 is 21.0 Å². The maximum absolute atomic E-state index is 10.7. The van der Waals surface area contributed by atoms with Crippen LogP contribution in [0.3, 0.4) is 0 Å². The van der Waals surface area contributed by atoms with E-state index in [2.05, 4.69) is 24.3 Å². The summed E-state index contributed by atoms with van der Waals surface area (Å²) in [4.78, 5) is 5.43. The average Bonchev–Trinajstić information content (AvgIpc) is 3.12. The van der Waals surface area contributed by atoms with Gasteiger partial charge in [-0.2, -0.15) is 0 Å². The fourth-order valence-corrected chi connectivity index (χ4v) is 8.46. The van der Waals surface area contributed by atoms with Crippen LogP contribution in [0, 0.1) is 45.8 Å². The van der Waals surface area contributed by atoms with Crippen molar-refractivity contribution < 1.29 is 9.94 Å². The summed E-state index contributed by atoms with van der Waals surface area (Å²) in [5.41, 5.74) is 6.20. The molecule has 4 fully saturated rings. The van der Waals surface area contributed by atoms with Crippen LogP contribution >= 0.6 is 0 Å². The lowest BCUT2D eigenvalue weighted by molar-refractivity contribution is -0.150. The zero-order chi connectivity index (χ0) is 22.1. The van der Waals surface area contributed by atoms with Crippen molar-refractivity contribution >= 4 is 12.2 Å². The monoisotopic (exact) mass is 432 g/mol. The highest BCUT2D eigenvalue weighted by molar-refractivity contribution is 5.74. The number of rotatable bonds is 7. The van der Waals surface area contributed by atoms with Gasteiger partial charge in [0.05, 0.1) is 6.10 Å². The van der Waals surface area contributed by atoms with E-state index in [0.717, 1.165) is 43.4 Å². The van der Waals surface area contributed by atoms with Crippen LogP contribution in [0.15, 0.2) is 5.16 Å². The molecule has 4 rings (SSSR count). The summed E-state index contributed by atoms with van der Waals surface area (Å²) in [6.45, 7) is 6.30. The van der Waals surface area contributed by atoms with Gasteiger partial charge in [-0.3, -0.25) is 5.41 Å². The molecule has 176 valence electrons. The van der Waals surface area contributed by atoms with Gasteiger partial charge in [0.1, 0.15) is 6.61 Å². The van der Waals surface area contributed by atoms with Crippen LogP contribution in [0.5, 0.6) is 0 Å². The number of aliphatic hydroxyl groups is 1. The van der Waals surface area contributed by atoms with Crippen LogP contribution in [-0.4, -0.2) is 36.5 Å². The predicted molar refractivity (Wildman–Crippen MR) is 125 cm³/mol. The highest BCUT2D eigenvalue weighted by Gasteiger charge is 2.60. The summed E-state index contributed by atoms with van der Waals surface area (Å²) >= 11 is 0. The van der Waals surface area contributed by atoms with E-state index in [9.17, 15) is 5.11 Å². The van der Waals surface area contributed by atoms with E-state index in [-0.39, 0.29) is 12.1 Å². The smallest absolute Gasteiger partial charge is 0.185 e. The molecule has 4 saturated carbocycles. The molecule has 6 nitrogen and oxygen atoms in total. The molecule has 0 heterocycles. The van der Waals surface area contributed by atoms with E-state index in [0.29, 0.717) is 35.8 Å². The van der Waals surface area contributed by atoms with Crippen molar-refractivity contribution in [2.24, 2.45) is 51.3 Å². The van der Waals surface area contributed by atoms with Gasteiger partial charge >= 0.3 is 0 Å². The molecule has 0 bridgehead atoms. The standard InChI is InChI=1S/C25H44N4O2/c1-24-10-3-5-21(24)20-7-6-17-15-19(30)16-18(25(17,2)22(20)8-11-24)9-13-29-31-14-4-12-28-23(26)27/h13,17-22,30H,3-12,14-16H2,1-2H3,(H4,26,27,28)/b29-13+/t17-,18?,19-,20+,21+,22+,24+,25-/m1/s1. The minimum Gasteiger partial charge on any atom is -0.396 e. The van der Waals surface area contributed by atoms with Crippen LogP contribution in [0.4, 0.5) is 0 Å². The van der Waals surface area contributed by atoms with Gasteiger partial charge in [0, 0.05) is 19.2 Å². The van der Waals surface area contributed by atoms with E-state index >= 15 is 0 Å². The van der Waals surface area contributed by atoms with Crippen molar-refractivity contribution in [1.29, 1.82) is 5.41 Å². The van der Waals surface area contributed by atoms with Gasteiger partial charge in [0.2, 0.25) is 0 Å². The summed E-state index contributed by atoms with van der Waals surface area (Å²) in [6, 6.07) is 0. The van der Waals surface area contributed by atoms with E-state index in [1.165, 1.54) is 44.9 Å². The minimum atomic E-state index is -0.160. The number of nitrogens with two attached hydrogens (primary N) is 1. The third kappa shape index (κ3) is 4.46. The quantitative estimate of drug-likeness (QED) is 0.209. The topological polar surface area (TPSA) is 104 Å². The Kier molecular flexibility index (Phi) is 6.85. The molecule has 0 radical (unpaired) electrons. The first-order valence-corrected chi connectivity index (χ1v) is 12.7. The molecule has 0 spiro atoms. The van der Waals surface area contributed by atoms with E-state index in [4.69, 9.17) is 16.0 Å². The van der Waals surface area contributed by atoms with Crippen molar-refractivity contribution in [3.8, 4) is 0 Å². The van der Waals surface area contributed by atoms with Gasteiger partial charge in [-0.05, 0) is 98.2 Å². The summed E-state index contributed by atoms with van der Waals surface area (Å²) < 4.78 is 0. The second kappa shape index (κ2) is 9.29. The summed E-state index contributed by atoms with van der Waals surface area (Å²) in [5.74, 6) is 3.77. The number of aliphatic hydroxyl groups excluding tert-OH is 1. The number of hydrogen-bond donors (Lipinski definition) is 4. The number of fused-ring (bicyclic) bond motifs is 5. The number of hydrogen-bond acceptors (Lipinski definition) is 4. The molecular weight excluding hydrogens is 388 g/mol. The lowest BCUT2D eigenvalue weighted by atomic mass is 9.42. The fraction of sp³-hybridized carbons (Fsp3) is 0.920. The molecule has 6 heteroatoms. The van der Waals surface area contributed by atoms with Gasteiger partial charge in [-0.1, -0.05) is 25.4 Å². The van der Waals surface area contributed by atoms with Crippen molar-refractivity contribution in [2.75, 3.05) is 13.2 Å². The average molecular weight is 433 g/mol. The number of guanidine groups is 1. The molecule has 8 atom stereocenters. The lowest BCUT2D eigenvalue weighted by Gasteiger charge is -2.63. The Morgan fingerprint density at radius 1 is 1.19 bits per heavy atom. The first-order valence-electron chi connectivity index (χ1n) is 12.7. The third-order valence-electron chi connectivity index (χ3n) is 10.0. The van der Waals surface area contributed by atoms with Crippen LogP contribution in [0.2, 0.25) is 0 Å². The Hall–Kier alpha value is -1.30. The molecule has 4 aliphatic carbocycles. The van der Waals surface area contributed by atoms with E-state index in [1.807, 2.05) is 6.21 Å². The Morgan fingerprint density at radius 2 is 2.03 bits per heavy atom. The Morgan fingerprint density at radius 3 is 2.84 bits per heavy atom. The molecule has 0 amide bonds. The van der Waals surface area contributed by atoms with Crippen molar-refractivity contribution in [3.63, 3.8) is 0 Å². The largest absolute Gasteiger partial charge is 0.396 e. The Labute approximate surface area is 188 Å². The number of nitrogens with one attached hydrogen (secondary N) is 2. The molecule has 1 unspecified atom stereocenters. The zero-order valence-corrected chi connectivity index (χ0v) is 19.6. The molecule has 0 aromatic carbocycles. The molecule has 5 N–H and O–H groups in total. The van der Waals surface area contributed by atoms with Crippen LogP contribution < -0.4 is 11.1 Å². The van der Waals surface area contributed by atoms with Gasteiger partial charge in [0.15, 0.2) is 5.96 Å². The third-order valence-corrected chi connectivity index (χ3v) is 10.0. The lowest BCUT2D eigenvalue weighted by Crippen LogP contribution is -2.56. The van der Waals surface area contributed by atoms with Gasteiger partial charge in [-0.25, -0.2) is 0 Å². The molecule has 0 aliphatic heterocycles. The molecule has 4 aliphatic rings. The van der Waals surface area contributed by atoms with Gasteiger partial charge in [0.25, 0.3) is 0 Å². The fourth-order valence-electron chi connectivity index (χ4n) is 8.46. The van der Waals surface area contributed by atoms with Crippen LogP contribution in [-0.2, 0) is 4.84 Å². The van der Waals surface area contributed by atoms with Gasteiger partial charge in [-0.15, -0.1) is 0 Å². The highest BCUT2D eigenvalue weighted by Crippen LogP contribution is 2.67. The SMILES string of the molecule is C[C@@]12CCC[C@H]1[C@@H]1CC[C@@H]3C[C@@H](O)CC(C/C=N/OCCCNC(=N)N)[C@]3(C)[C@H]1CC2. The summed E-state index contributed by atoms with van der Waals surface area (Å²) in [7, 11) is 0. The predicted octanol–water partition coefficient (Wildman–Crippen LogP) is 4.27. The number of nitrogens with zero attached hydrogens (tertiary/aromatic N) is 1. The highest BCUT2D eigenvalue weighted by atomic mass is 16.6. The van der Waals surface area contributed by atoms with Crippen molar-refractivity contribution in [2.45, 2.75) is 90.6 Å². The minimum absolute atomic E-state index is 0.00595. The molecule has 0 saturated heterocycles. The first-order chi connectivity index (χ1) is 14.8. The van der Waals surface area contributed by atoms with Crippen LogP contribution in [0.25, 0.3) is 0 Å². The van der Waals surface area contributed by atoms with E-state index < -0.39 is 0 Å². The van der Waals surface area contributed by atoms with Crippen molar-refractivity contribution in [1.82, 2.24) is 5.32 Å². The molecule has 31 heavy (non-hydrogen) atoms. The first kappa shape index (κ1) is 22.9. The molecule has 0 aromatic heterocycles. The van der Waals surface area contributed by atoms with E-state index in [1.54, 1.807) is 0 Å². The molecule has 0 aromatic rings. The van der Waals surface area contributed by atoms with Crippen molar-refractivity contribution in [3.05, 3.63) is 0 Å². The Bertz CT molecular complexity index is 670. The maximum Gasteiger partial charge on any atom is 0.185 e. The summed E-state index contributed by atoms with van der Waals surface area (Å²) in [5, 5.41) is 24.8. The second-order valence-electron chi connectivity index (χ2n) is 11.5.